The highest BCUT2D eigenvalue weighted by Gasteiger charge is 2.56. The lowest BCUT2D eigenvalue weighted by Crippen LogP contribution is -2.34. The maximum absolute atomic E-state index is 12.0. The van der Waals surface area contributed by atoms with Crippen molar-refractivity contribution in [2.24, 2.45) is 0 Å². The van der Waals surface area contributed by atoms with E-state index in [9.17, 15) is 19.1 Å². The molecule has 4 heterocycles. The Morgan fingerprint density at radius 1 is 1.41 bits per heavy atom. The van der Waals surface area contributed by atoms with Crippen molar-refractivity contribution in [1.29, 1.82) is 0 Å². The smallest absolute Gasteiger partial charge is 0.280 e. The Morgan fingerprint density at radius 2 is 2.11 bits per heavy atom. The van der Waals surface area contributed by atoms with Gasteiger partial charge < -0.3 is 38.8 Å². The van der Waals surface area contributed by atoms with Crippen LogP contribution in [0.2, 0.25) is 0 Å². The molecular weight excluding hydrogens is 385 g/mol. The number of imidazole rings is 1. The van der Waals surface area contributed by atoms with E-state index in [1.165, 1.54) is 10.9 Å². The second kappa shape index (κ2) is 6.07. The summed E-state index contributed by atoms with van der Waals surface area (Å²) in [6.45, 7) is 2.82. The number of aromatic amines is 1. The molecule has 2 fully saturated rings. The Kier molecular flexibility index (Phi) is 4.16. The van der Waals surface area contributed by atoms with Gasteiger partial charge in [0, 0.05) is 0 Å². The van der Waals surface area contributed by atoms with E-state index in [1.54, 1.807) is 13.8 Å². The first-order valence-electron chi connectivity index (χ1n) is 7.94. The summed E-state index contributed by atoms with van der Waals surface area (Å²) in [6, 6.07) is 0. The number of fused-ring (bicyclic) bond motifs is 2. The van der Waals surface area contributed by atoms with Crippen LogP contribution in [-0.4, -0.2) is 50.2 Å². The number of phosphoric acid groups is 1. The Balaban J connectivity index is 1.70. The normalized spacial score (nSPS) is 30.1. The Morgan fingerprint density at radius 3 is 2.81 bits per heavy atom. The lowest BCUT2D eigenvalue weighted by atomic mass is 10.1. The molecule has 27 heavy (non-hydrogen) atoms. The van der Waals surface area contributed by atoms with E-state index in [-0.39, 0.29) is 17.1 Å². The minimum Gasteiger partial charge on any atom is -0.790 e. The van der Waals surface area contributed by atoms with Gasteiger partial charge in [-0.25, -0.2) is 4.98 Å². The summed E-state index contributed by atoms with van der Waals surface area (Å²) in [6.07, 6.45) is -1.84. The minimum absolute atomic E-state index is 0.0471. The molecule has 148 valence electrons. The number of H-pyrrole nitrogens is 1. The SMILES string of the molecule is CC1(C)O[C@@H]2[C@H](O1)[C@@H](COP(=O)([O-])[O-])O[C@H]2n1cnc2c(=O)[nH]c(N)nc21. The van der Waals surface area contributed by atoms with Gasteiger partial charge in [-0.1, -0.05) is 0 Å². The molecule has 14 heteroatoms. The van der Waals surface area contributed by atoms with Crippen LogP contribution >= 0.6 is 7.82 Å². The molecule has 2 saturated heterocycles. The van der Waals surface area contributed by atoms with Gasteiger partial charge in [0.15, 0.2) is 23.2 Å². The number of aromatic nitrogens is 4. The Hall–Kier alpha value is -1.86. The number of ether oxygens (including phenoxy) is 3. The average molecular weight is 401 g/mol. The van der Waals surface area contributed by atoms with E-state index in [4.69, 9.17) is 19.9 Å². The number of hydrogen-bond acceptors (Lipinski definition) is 11. The van der Waals surface area contributed by atoms with Gasteiger partial charge in [-0.05, 0) is 13.8 Å². The molecule has 3 N–H and O–H groups in total. The summed E-state index contributed by atoms with van der Waals surface area (Å²) in [7, 11) is -5.19. The fourth-order valence-corrected chi connectivity index (χ4v) is 3.64. The first-order valence-corrected chi connectivity index (χ1v) is 9.40. The quantitative estimate of drug-likeness (QED) is 0.537. The predicted molar refractivity (Wildman–Crippen MR) is 83.9 cm³/mol. The second-order valence-corrected chi connectivity index (χ2v) is 7.80. The molecule has 2 aliphatic heterocycles. The van der Waals surface area contributed by atoms with Crippen molar-refractivity contribution in [1.82, 2.24) is 19.5 Å². The molecule has 2 aliphatic rings. The molecule has 0 amide bonds. The molecule has 13 nitrogen and oxygen atoms in total. The van der Waals surface area contributed by atoms with Gasteiger partial charge in [-0.15, -0.1) is 0 Å². The third-order valence-electron chi connectivity index (χ3n) is 4.25. The molecule has 2 aromatic rings. The van der Waals surface area contributed by atoms with Gasteiger partial charge >= 0.3 is 0 Å². The van der Waals surface area contributed by atoms with Crippen LogP contribution in [0.1, 0.15) is 20.1 Å². The van der Waals surface area contributed by atoms with Crippen molar-refractivity contribution in [3.8, 4) is 0 Å². The average Bonchev–Trinajstić information content (AvgIpc) is 3.15. The van der Waals surface area contributed by atoms with Gasteiger partial charge in [0.2, 0.25) is 5.95 Å². The summed E-state index contributed by atoms with van der Waals surface area (Å²) in [4.78, 5) is 44.0. The number of anilines is 1. The molecule has 0 spiro atoms. The van der Waals surface area contributed by atoms with Gasteiger partial charge in [0.1, 0.15) is 18.3 Å². The fourth-order valence-electron chi connectivity index (χ4n) is 3.31. The van der Waals surface area contributed by atoms with E-state index in [1.807, 2.05) is 0 Å². The molecule has 2 aromatic heterocycles. The van der Waals surface area contributed by atoms with Crippen molar-refractivity contribution in [2.45, 2.75) is 44.2 Å². The molecule has 0 bridgehead atoms. The topological polar surface area (TPSA) is 190 Å². The van der Waals surface area contributed by atoms with Crippen LogP contribution in [-0.2, 0) is 23.3 Å². The van der Waals surface area contributed by atoms with Crippen LogP contribution in [0, 0.1) is 0 Å². The molecule has 0 unspecified atom stereocenters. The number of nitrogen functional groups attached to an aromatic ring is 1. The number of rotatable bonds is 4. The summed E-state index contributed by atoms with van der Waals surface area (Å²) in [5.41, 5.74) is 5.29. The summed E-state index contributed by atoms with van der Waals surface area (Å²) < 4.78 is 34.0. The maximum atomic E-state index is 12.0. The van der Waals surface area contributed by atoms with Crippen molar-refractivity contribution in [2.75, 3.05) is 12.3 Å². The summed E-state index contributed by atoms with van der Waals surface area (Å²) in [5.74, 6) is -1.08. The number of nitrogens with two attached hydrogens (primary N) is 1. The molecular formula is C13H16N5O8P-2. The van der Waals surface area contributed by atoms with E-state index < -0.39 is 50.3 Å². The van der Waals surface area contributed by atoms with Gasteiger partial charge in [-0.3, -0.25) is 14.3 Å². The zero-order chi connectivity index (χ0) is 19.6. The van der Waals surface area contributed by atoms with Crippen LogP contribution in [0.5, 0.6) is 0 Å². The largest absolute Gasteiger partial charge is 0.790 e. The highest BCUT2D eigenvalue weighted by Crippen LogP contribution is 2.44. The van der Waals surface area contributed by atoms with Crippen molar-refractivity contribution >= 4 is 24.9 Å². The van der Waals surface area contributed by atoms with Crippen LogP contribution in [0.3, 0.4) is 0 Å². The van der Waals surface area contributed by atoms with E-state index >= 15 is 0 Å². The molecule has 0 radical (unpaired) electrons. The Bertz CT molecular complexity index is 983. The molecule has 4 atom stereocenters. The first kappa shape index (κ1) is 18.5. The lowest BCUT2D eigenvalue weighted by Gasteiger charge is -2.31. The summed E-state index contributed by atoms with van der Waals surface area (Å²) >= 11 is 0. The second-order valence-electron chi connectivity index (χ2n) is 6.65. The number of phosphoric ester groups is 1. The van der Waals surface area contributed by atoms with Gasteiger partial charge in [0.25, 0.3) is 5.56 Å². The zero-order valence-corrected chi connectivity index (χ0v) is 15.1. The molecule has 4 rings (SSSR count). The van der Waals surface area contributed by atoms with Crippen LogP contribution in [0.15, 0.2) is 11.1 Å². The first-order chi connectivity index (χ1) is 12.5. The Labute approximate surface area is 151 Å². The van der Waals surface area contributed by atoms with Gasteiger partial charge in [-0.2, -0.15) is 4.98 Å². The highest BCUT2D eigenvalue weighted by atomic mass is 31.2. The number of nitrogens with zero attached hydrogens (tertiary/aromatic N) is 3. The third-order valence-corrected chi connectivity index (χ3v) is 4.71. The van der Waals surface area contributed by atoms with E-state index in [0.717, 1.165) is 0 Å². The van der Waals surface area contributed by atoms with Crippen molar-refractivity contribution in [3.05, 3.63) is 16.7 Å². The third kappa shape index (κ3) is 3.38. The zero-order valence-electron chi connectivity index (χ0n) is 14.2. The molecule has 0 saturated carbocycles. The monoisotopic (exact) mass is 401 g/mol. The number of hydrogen-bond donors (Lipinski definition) is 2. The maximum Gasteiger partial charge on any atom is 0.280 e. The van der Waals surface area contributed by atoms with Crippen molar-refractivity contribution < 1.29 is 33.1 Å². The predicted octanol–water partition coefficient (Wildman–Crippen LogP) is -2.04. The highest BCUT2D eigenvalue weighted by molar-refractivity contribution is 7.43. The minimum atomic E-state index is -5.19. The standard InChI is InChI=1S/C13H18N5O8P/c1-13(2)25-7-5(3-23-27(20,21)22)24-11(8(7)26-13)18-4-15-6-9(18)16-12(14)17-10(6)19/h4-5,7-8,11H,3H2,1-2H3,(H2,20,21,22)(H3,14,16,17,19)/p-2/t5-,7-,8-,11-/m1/s1. The van der Waals surface area contributed by atoms with Crippen molar-refractivity contribution in [3.63, 3.8) is 0 Å². The van der Waals surface area contributed by atoms with Crippen LogP contribution in [0.4, 0.5) is 5.95 Å². The van der Waals surface area contributed by atoms with E-state index in [0.29, 0.717) is 0 Å². The fraction of sp³-hybridized carbons (Fsp3) is 0.615. The lowest BCUT2D eigenvalue weighted by molar-refractivity contribution is -0.343. The summed E-state index contributed by atoms with van der Waals surface area (Å²) in [5, 5.41) is 0. The molecule has 0 aromatic carbocycles. The number of nitrogens with one attached hydrogen (secondary N) is 1. The van der Waals surface area contributed by atoms with Crippen LogP contribution in [0.25, 0.3) is 11.2 Å². The van der Waals surface area contributed by atoms with Gasteiger partial charge in [0.05, 0.1) is 20.8 Å². The van der Waals surface area contributed by atoms with Crippen LogP contribution < -0.4 is 21.1 Å². The van der Waals surface area contributed by atoms with E-state index in [2.05, 4.69) is 19.5 Å². The molecule has 0 aliphatic carbocycles.